The Balaban J connectivity index is 2.73. The smallest absolute Gasteiger partial charge is 0.166 e. The van der Waals surface area contributed by atoms with Crippen molar-refractivity contribution in [1.29, 1.82) is 0 Å². The van der Waals surface area contributed by atoms with Crippen LogP contribution in [0.5, 0.6) is 11.5 Å². The van der Waals surface area contributed by atoms with E-state index in [0.717, 1.165) is 47.6 Å². The summed E-state index contributed by atoms with van der Waals surface area (Å²) in [5.41, 5.74) is 1.10. The molecule has 4 nitrogen and oxygen atoms in total. The Morgan fingerprint density at radius 1 is 1.26 bits per heavy atom. The van der Waals surface area contributed by atoms with Crippen molar-refractivity contribution in [2.45, 2.75) is 19.9 Å². The van der Waals surface area contributed by atoms with Gasteiger partial charge in [0, 0.05) is 16.6 Å². The molecule has 0 spiro atoms. The third-order valence-corrected chi connectivity index (χ3v) is 3.50. The predicted molar refractivity (Wildman–Crippen MR) is 82.1 cm³/mol. The van der Waals surface area contributed by atoms with Crippen molar-refractivity contribution >= 4 is 15.9 Å². The lowest BCUT2D eigenvalue weighted by Gasteiger charge is -2.16. The first-order valence-corrected chi connectivity index (χ1v) is 7.37. The van der Waals surface area contributed by atoms with E-state index in [1.54, 1.807) is 7.11 Å². The number of halogens is 1. The summed E-state index contributed by atoms with van der Waals surface area (Å²) in [7, 11) is 3.63. The zero-order valence-electron chi connectivity index (χ0n) is 11.9. The Morgan fingerprint density at radius 3 is 2.68 bits per heavy atom. The van der Waals surface area contributed by atoms with Gasteiger partial charge in [0.25, 0.3) is 0 Å². The van der Waals surface area contributed by atoms with Crippen LogP contribution in [0.4, 0.5) is 0 Å². The molecule has 5 heteroatoms. The summed E-state index contributed by atoms with van der Waals surface area (Å²) in [5.74, 6) is 1.59. The zero-order valence-corrected chi connectivity index (χ0v) is 13.5. The maximum atomic E-state index is 5.71. The Morgan fingerprint density at radius 2 is 2.05 bits per heavy atom. The Labute approximate surface area is 124 Å². The van der Waals surface area contributed by atoms with Crippen molar-refractivity contribution in [2.24, 2.45) is 0 Å². The third kappa shape index (κ3) is 5.01. The molecule has 1 rings (SSSR count). The lowest BCUT2D eigenvalue weighted by atomic mass is 10.2. The second kappa shape index (κ2) is 9.18. The van der Waals surface area contributed by atoms with E-state index in [4.69, 9.17) is 9.47 Å². The van der Waals surface area contributed by atoms with Crippen molar-refractivity contribution in [3.05, 3.63) is 22.2 Å². The van der Waals surface area contributed by atoms with Crippen LogP contribution in [-0.2, 0) is 6.54 Å². The minimum Gasteiger partial charge on any atom is -0.493 e. The largest absolute Gasteiger partial charge is 0.493 e. The van der Waals surface area contributed by atoms with Gasteiger partial charge in [0.15, 0.2) is 11.5 Å². The molecule has 0 radical (unpaired) electrons. The molecular weight excluding hydrogens is 308 g/mol. The Hall–Kier alpha value is -0.780. The summed E-state index contributed by atoms with van der Waals surface area (Å²) in [6, 6.07) is 3.91. The molecule has 0 amide bonds. The first kappa shape index (κ1) is 16.3. The molecule has 0 bridgehead atoms. The van der Waals surface area contributed by atoms with Crippen LogP contribution in [0, 0.1) is 0 Å². The number of benzene rings is 1. The highest BCUT2D eigenvalue weighted by atomic mass is 79.9. The highest BCUT2D eigenvalue weighted by molar-refractivity contribution is 9.10. The van der Waals surface area contributed by atoms with Crippen molar-refractivity contribution in [2.75, 3.05) is 33.9 Å². The van der Waals surface area contributed by atoms with Gasteiger partial charge in [0.1, 0.15) is 0 Å². The molecule has 0 fully saturated rings. The SMILES string of the molecule is CCOc1c(OC)ccc(Br)c1CNCCCNC. The molecule has 0 aromatic heterocycles. The molecule has 0 aliphatic carbocycles. The summed E-state index contributed by atoms with van der Waals surface area (Å²) < 4.78 is 12.1. The van der Waals surface area contributed by atoms with E-state index >= 15 is 0 Å². The van der Waals surface area contributed by atoms with Crippen LogP contribution in [0.1, 0.15) is 18.9 Å². The Kier molecular flexibility index (Phi) is 7.86. The quantitative estimate of drug-likeness (QED) is 0.683. The molecule has 0 heterocycles. The molecule has 108 valence electrons. The van der Waals surface area contributed by atoms with E-state index < -0.39 is 0 Å². The van der Waals surface area contributed by atoms with Gasteiger partial charge in [-0.25, -0.2) is 0 Å². The number of nitrogens with one attached hydrogen (secondary N) is 2. The number of rotatable bonds is 9. The molecule has 0 aliphatic rings. The van der Waals surface area contributed by atoms with Gasteiger partial charge in [-0.15, -0.1) is 0 Å². The summed E-state index contributed by atoms with van der Waals surface area (Å²) in [5, 5.41) is 6.56. The second-order valence-corrected chi connectivity index (χ2v) is 4.98. The monoisotopic (exact) mass is 330 g/mol. The summed E-state index contributed by atoms with van der Waals surface area (Å²) >= 11 is 3.58. The number of hydrogen-bond donors (Lipinski definition) is 2. The fraction of sp³-hybridized carbons (Fsp3) is 0.571. The fourth-order valence-electron chi connectivity index (χ4n) is 1.81. The highest BCUT2D eigenvalue weighted by Gasteiger charge is 2.13. The standard InChI is InChI=1S/C14H23BrN2O2/c1-4-19-14-11(10-17-9-5-8-16-2)12(15)6-7-13(14)18-3/h6-7,16-17H,4-5,8-10H2,1-3H3. The maximum Gasteiger partial charge on any atom is 0.166 e. The molecule has 1 aromatic carbocycles. The lowest BCUT2D eigenvalue weighted by molar-refractivity contribution is 0.306. The first-order valence-electron chi connectivity index (χ1n) is 6.58. The molecular formula is C14H23BrN2O2. The van der Waals surface area contributed by atoms with Crippen molar-refractivity contribution in [3.63, 3.8) is 0 Å². The number of methoxy groups -OCH3 is 1. The number of ether oxygens (including phenoxy) is 2. The summed E-state index contributed by atoms with van der Waals surface area (Å²) in [4.78, 5) is 0. The van der Waals surface area contributed by atoms with Crippen LogP contribution in [0.15, 0.2) is 16.6 Å². The van der Waals surface area contributed by atoms with Crippen molar-refractivity contribution < 1.29 is 9.47 Å². The van der Waals surface area contributed by atoms with E-state index in [0.29, 0.717) is 6.61 Å². The van der Waals surface area contributed by atoms with E-state index in [1.807, 2.05) is 26.1 Å². The van der Waals surface area contributed by atoms with Crippen molar-refractivity contribution in [3.8, 4) is 11.5 Å². The maximum absolute atomic E-state index is 5.71. The fourth-order valence-corrected chi connectivity index (χ4v) is 2.27. The van der Waals surface area contributed by atoms with Crippen LogP contribution < -0.4 is 20.1 Å². The van der Waals surface area contributed by atoms with E-state index in [1.165, 1.54) is 0 Å². The van der Waals surface area contributed by atoms with Gasteiger partial charge in [-0.2, -0.15) is 0 Å². The van der Waals surface area contributed by atoms with Crippen LogP contribution in [0.25, 0.3) is 0 Å². The lowest BCUT2D eigenvalue weighted by Crippen LogP contribution is -2.20. The average molecular weight is 331 g/mol. The molecule has 0 saturated heterocycles. The van der Waals surface area contributed by atoms with Crippen LogP contribution in [0.2, 0.25) is 0 Å². The van der Waals surface area contributed by atoms with Gasteiger partial charge in [0.05, 0.1) is 13.7 Å². The third-order valence-electron chi connectivity index (χ3n) is 2.76. The molecule has 0 atom stereocenters. The van der Waals surface area contributed by atoms with Gasteiger partial charge in [-0.1, -0.05) is 15.9 Å². The molecule has 1 aromatic rings. The minimum absolute atomic E-state index is 0.625. The molecule has 0 unspecified atom stereocenters. The normalized spacial score (nSPS) is 10.5. The van der Waals surface area contributed by atoms with Gasteiger partial charge >= 0.3 is 0 Å². The predicted octanol–water partition coefficient (Wildman–Crippen LogP) is 2.56. The second-order valence-electron chi connectivity index (χ2n) is 4.12. The zero-order chi connectivity index (χ0) is 14.1. The van der Waals surface area contributed by atoms with Crippen molar-refractivity contribution in [1.82, 2.24) is 10.6 Å². The van der Waals surface area contributed by atoms with Crippen LogP contribution in [0.3, 0.4) is 0 Å². The Bertz CT molecular complexity index is 386. The minimum atomic E-state index is 0.625. The van der Waals surface area contributed by atoms with E-state index in [9.17, 15) is 0 Å². The summed E-state index contributed by atoms with van der Waals surface area (Å²) in [6.45, 7) is 5.35. The number of hydrogen-bond acceptors (Lipinski definition) is 4. The molecule has 0 saturated carbocycles. The van der Waals surface area contributed by atoms with Crippen LogP contribution >= 0.6 is 15.9 Å². The molecule has 19 heavy (non-hydrogen) atoms. The van der Waals surface area contributed by atoms with Gasteiger partial charge in [-0.3, -0.25) is 0 Å². The van der Waals surface area contributed by atoms with E-state index in [2.05, 4.69) is 26.6 Å². The highest BCUT2D eigenvalue weighted by Crippen LogP contribution is 2.36. The molecule has 0 aliphatic heterocycles. The van der Waals surface area contributed by atoms with Crippen LogP contribution in [-0.4, -0.2) is 33.9 Å². The van der Waals surface area contributed by atoms with Gasteiger partial charge < -0.3 is 20.1 Å². The summed E-state index contributed by atoms with van der Waals surface area (Å²) in [6.07, 6.45) is 1.10. The first-order chi connectivity index (χ1) is 9.24. The van der Waals surface area contributed by atoms with Gasteiger partial charge in [0.2, 0.25) is 0 Å². The molecule has 2 N–H and O–H groups in total. The topological polar surface area (TPSA) is 42.5 Å². The average Bonchev–Trinajstić information content (AvgIpc) is 2.42. The van der Waals surface area contributed by atoms with E-state index in [-0.39, 0.29) is 0 Å². The van der Waals surface area contributed by atoms with Gasteiger partial charge in [-0.05, 0) is 45.6 Å².